The van der Waals surface area contributed by atoms with Crippen LogP contribution in [0.1, 0.15) is 16.3 Å². The van der Waals surface area contributed by atoms with Crippen LogP contribution in [-0.4, -0.2) is 21.9 Å². The number of nitrogens with zero attached hydrogens (tertiary/aromatic N) is 3. The molecule has 0 fully saturated rings. The Balaban J connectivity index is 1.92. The van der Waals surface area contributed by atoms with Gasteiger partial charge >= 0.3 is 0 Å². The molecule has 2 rings (SSSR count). The van der Waals surface area contributed by atoms with Gasteiger partial charge in [-0.15, -0.1) is 11.3 Å². The number of aryl methyl sites for hydroxylation is 1. The van der Waals surface area contributed by atoms with Crippen LogP contribution in [0.25, 0.3) is 0 Å². The van der Waals surface area contributed by atoms with Crippen molar-refractivity contribution < 1.29 is 4.79 Å². The number of carbonyl (C=O) groups is 1. The summed E-state index contributed by atoms with van der Waals surface area (Å²) in [5.74, 6) is -0.203. The third-order valence-electron chi connectivity index (χ3n) is 2.51. The van der Waals surface area contributed by atoms with Crippen LogP contribution in [-0.2, 0) is 11.3 Å². The summed E-state index contributed by atoms with van der Waals surface area (Å²) >= 11 is 4.99. The first-order valence-electron chi connectivity index (χ1n) is 5.63. The van der Waals surface area contributed by atoms with E-state index in [9.17, 15) is 4.79 Å². The molecule has 0 radical (unpaired) electrons. The van der Waals surface area contributed by atoms with E-state index in [4.69, 9.17) is 0 Å². The van der Waals surface area contributed by atoms with Crippen LogP contribution in [0.2, 0.25) is 0 Å². The van der Waals surface area contributed by atoms with Gasteiger partial charge in [-0.25, -0.2) is 5.43 Å². The number of nitrogens with one attached hydrogen (secondary N) is 1. The molecule has 0 atom stereocenters. The topological polar surface area (TPSA) is 59.3 Å². The van der Waals surface area contributed by atoms with Gasteiger partial charge in [0.1, 0.15) is 6.54 Å². The lowest BCUT2D eigenvalue weighted by Crippen LogP contribution is -2.24. The minimum Gasteiger partial charge on any atom is -0.271 e. The zero-order chi connectivity index (χ0) is 13.8. The Morgan fingerprint density at radius 1 is 1.63 bits per heavy atom. The minimum absolute atomic E-state index is 0.153. The molecule has 0 bridgehead atoms. The molecular weight excluding hydrogens is 328 g/mol. The van der Waals surface area contributed by atoms with Crippen molar-refractivity contribution in [1.29, 1.82) is 0 Å². The number of hydrazone groups is 1. The molecule has 7 heteroatoms. The fraction of sp³-hybridized carbons (Fsp3) is 0.250. The molecule has 5 nitrogen and oxygen atoms in total. The fourth-order valence-corrected chi connectivity index (χ4v) is 2.40. The average Bonchev–Trinajstić information content (AvgIpc) is 2.96. The van der Waals surface area contributed by atoms with Gasteiger partial charge in [-0.3, -0.25) is 9.48 Å². The molecule has 0 saturated carbocycles. The van der Waals surface area contributed by atoms with Crippen molar-refractivity contribution in [2.24, 2.45) is 5.10 Å². The van der Waals surface area contributed by atoms with Crippen molar-refractivity contribution >= 4 is 39.4 Å². The first kappa shape index (κ1) is 14.0. The molecule has 1 N–H and O–H groups in total. The Hall–Kier alpha value is -1.47. The summed E-state index contributed by atoms with van der Waals surface area (Å²) in [7, 11) is 0. The van der Waals surface area contributed by atoms with E-state index < -0.39 is 0 Å². The number of aromatic nitrogens is 2. The SMILES string of the molecule is Cc1nn(CC(=O)N/N=C\c2cccs2)c(C)c1Br. The van der Waals surface area contributed by atoms with Gasteiger partial charge in [-0.05, 0) is 41.2 Å². The molecule has 0 aromatic carbocycles. The predicted molar refractivity (Wildman–Crippen MR) is 79.5 cm³/mol. The standard InChI is InChI=1S/C12H13BrN4OS/c1-8-12(13)9(2)17(16-8)7-11(18)15-14-6-10-4-3-5-19-10/h3-6H,7H2,1-2H3,(H,15,18)/b14-6-. The summed E-state index contributed by atoms with van der Waals surface area (Å²) < 4.78 is 2.58. The highest BCUT2D eigenvalue weighted by atomic mass is 79.9. The second-order valence-electron chi connectivity index (χ2n) is 3.95. The second-order valence-corrected chi connectivity index (χ2v) is 5.72. The van der Waals surface area contributed by atoms with Gasteiger partial charge < -0.3 is 0 Å². The van der Waals surface area contributed by atoms with Gasteiger partial charge in [-0.1, -0.05) is 6.07 Å². The van der Waals surface area contributed by atoms with E-state index in [0.717, 1.165) is 20.7 Å². The van der Waals surface area contributed by atoms with Gasteiger partial charge in [0.15, 0.2) is 0 Å². The van der Waals surface area contributed by atoms with Crippen LogP contribution in [0.4, 0.5) is 0 Å². The van der Waals surface area contributed by atoms with Crippen LogP contribution >= 0.6 is 27.3 Å². The maximum Gasteiger partial charge on any atom is 0.261 e. The fourth-order valence-electron chi connectivity index (χ4n) is 1.53. The Labute approximate surface area is 123 Å². The highest BCUT2D eigenvalue weighted by molar-refractivity contribution is 9.10. The number of hydrogen-bond donors (Lipinski definition) is 1. The molecule has 0 saturated heterocycles. The minimum atomic E-state index is -0.203. The van der Waals surface area contributed by atoms with Gasteiger partial charge in [-0.2, -0.15) is 10.2 Å². The second kappa shape index (κ2) is 6.12. The predicted octanol–water partition coefficient (Wildman–Crippen LogP) is 2.47. The summed E-state index contributed by atoms with van der Waals surface area (Å²) in [6.45, 7) is 3.95. The quantitative estimate of drug-likeness (QED) is 0.686. The van der Waals surface area contributed by atoms with Gasteiger partial charge in [0, 0.05) is 4.88 Å². The van der Waals surface area contributed by atoms with Crippen LogP contribution in [0, 0.1) is 13.8 Å². The molecule has 100 valence electrons. The summed E-state index contributed by atoms with van der Waals surface area (Å²) in [6, 6.07) is 3.86. The smallest absolute Gasteiger partial charge is 0.261 e. The monoisotopic (exact) mass is 340 g/mol. The summed E-state index contributed by atoms with van der Waals surface area (Å²) in [5.41, 5.74) is 4.28. The highest BCUT2D eigenvalue weighted by Crippen LogP contribution is 2.19. The van der Waals surface area contributed by atoms with Crippen molar-refractivity contribution in [1.82, 2.24) is 15.2 Å². The molecular formula is C12H13BrN4OS. The summed E-state index contributed by atoms with van der Waals surface area (Å²) in [5, 5.41) is 10.1. The number of hydrogen-bond acceptors (Lipinski definition) is 4. The lowest BCUT2D eigenvalue weighted by molar-refractivity contribution is -0.121. The Kier molecular flexibility index (Phi) is 4.49. The number of halogens is 1. The number of thiophene rings is 1. The van der Waals surface area contributed by atoms with E-state index in [1.807, 2.05) is 31.4 Å². The zero-order valence-electron chi connectivity index (χ0n) is 10.6. The molecule has 0 unspecified atom stereocenters. The Morgan fingerprint density at radius 3 is 3.00 bits per heavy atom. The van der Waals surface area contributed by atoms with Crippen molar-refractivity contribution in [2.75, 3.05) is 0 Å². The molecule has 0 aliphatic carbocycles. The van der Waals surface area contributed by atoms with Crippen LogP contribution in [0.15, 0.2) is 27.1 Å². The lowest BCUT2D eigenvalue weighted by Gasteiger charge is -2.02. The van der Waals surface area contributed by atoms with Crippen molar-refractivity contribution in [3.8, 4) is 0 Å². The Morgan fingerprint density at radius 2 is 2.42 bits per heavy atom. The molecule has 0 spiro atoms. The summed E-state index contributed by atoms with van der Waals surface area (Å²) in [6.07, 6.45) is 1.62. The van der Waals surface area contributed by atoms with Gasteiger partial charge in [0.2, 0.25) is 0 Å². The summed E-state index contributed by atoms with van der Waals surface area (Å²) in [4.78, 5) is 12.7. The van der Waals surface area contributed by atoms with Crippen molar-refractivity contribution in [3.63, 3.8) is 0 Å². The van der Waals surface area contributed by atoms with E-state index in [0.29, 0.717) is 0 Å². The molecule has 2 aromatic heterocycles. The largest absolute Gasteiger partial charge is 0.271 e. The molecule has 2 heterocycles. The number of rotatable bonds is 4. The third kappa shape index (κ3) is 3.51. The van der Waals surface area contributed by atoms with Gasteiger partial charge in [0.05, 0.1) is 22.1 Å². The zero-order valence-corrected chi connectivity index (χ0v) is 13.0. The van der Waals surface area contributed by atoms with E-state index in [2.05, 4.69) is 31.6 Å². The highest BCUT2D eigenvalue weighted by Gasteiger charge is 2.11. The van der Waals surface area contributed by atoms with Crippen molar-refractivity contribution in [3.05, 3.63) is 38.3 Å². The molecule has 0 aliphatic rings. The average molecular weight is 341 g/mol. The molecule has 2 aromatic rings. The van der Waals surface area contributed by atoms with E-state index in [1.54, 1.807) is 22.2 Å². The van der Waals surface area contributed by atoms with Gasteiger partial charge in [0.25, 0.3) is 5.91 Å². The first-order chi connectivity index (χ1) is 9.08. The van der Waals surface area contributed by atoms with E-state index in [1.165, 1.54) is 0 Å². The maximum atomic E-state index is 11.7. The third-order valence-corrected chi connectivity index (χ3v) is 4.47. The lowest BCUT2D eigenvalue weighted by atomic mass is 10.4. The molecule has 0 aliphatic heterocycles. The van der Waals surface area contributed by atoms with Crippen LogP contribution in [0.5, 0.6) is 0 Å². The molecule has 19 heavy (non-hydrogen) atoms. The van der Waals surface area contributed by atoms with Crippen LogP contribution < -0.4 is 5.43 Å². The number of carbonyl (C=O) groups excluding carboxylic acids is 1. The number of amides is 1. The Bertz CT molecular complexity index is 604. The van der Waals surface area contributed by atoms with E-state index in [-0.39, 0.29) is 12.5 Å². The first-order valence-corrected chi connectivity index (χ1v) is 7.30. The normalized spacial score (nSPS) is 11.1. The van der Waals surface area contributed by atoms with Crippen LogP contribution in [0.3, 0.4) is 0 Å². The van der Waals surface area contributed by atoms with Crippen molar-refractivity contribution in [2.45, 2.75) is 20.4 Å². The maximum absolute atomic E-state index is 11.7. The van der Waals surface area contributed by atoms with E-state index >= 15 is 0 Å². The molecule has 1 amide bonds.